The minimum absolute atomic E-state index is 0.233. The highest BCUT2D eigenvalue weighted by molar-refractivity contribution is 6.31. The molecule has 1 rings (SSSR count). The highest BCUT2D eigenvalue weighted by atomic mass is 35.5. The third-order valence-electron chi connectivity index (χ3n) is 2.73. The first-order chi connectivity index (χ1) is 9.64. The number of amides is 2. The van der Waals surface area contributed by atoms with Crippen LogP contribution in [0.4, 0.5) is 5.69 Å². The molecule has 2 amide bonds. The number of halogens is 1. The first kappa shape index (κ1) is 17.3. The van der Waals surface area contributed by atoms with E-state index in [0.29, 0.717) is 16.3 Å². The van der Waals surface area contributed by atoms with Gasteiger partial charge < -0.3 is 16.0 Å². The second kappa shape index (κ2) is 6.80. The summed E-state index contributed by atoms with van der Waals surface area (Å²) < 4.78 is 0. The monoisotopic (exact) mass is 311 g/mol. The van der Waals surface area contributed by atoms with Crippen LogP contribution in [-0.2, 0) is 4.79 Å². The van der Waals surface area contributed by atoms with Crippen molar-refractivity contribution in [3.8, 4) is 0 Å². The molecule has 116 valence electrons. The van der Waals surface area contributed by atoms with Crippen molar-refractivity contribution in [2.45, 2.75) is 39.3 Å². The molecule has 0 spiro atoms. The van der Waals surface area contributed by atoms with Crippen molar-refractivity contribution >= 4 is 29.1 Å². The third kappa shape index (κ3) is 5.27. The number of hydrogen-bond acceptors (Lipinski definition) is 3. The van der Waals surface area contributed by atoms with Gasteiger partial charge in [0.15, 0.2) is 0 Å². The van der Waals surface area contributed by atoms with E-state index in [1.807, 2.05) is 20.8 Å². The van der Waals surface area contributed by atoms with Crippen LogP contribution in [0.5, 0.6) is 0 Å². The predicted octanol–water partition coefficient (Wildman–Crippen LogP) is 2.41. The molecule has 0 fully saturated rings. The average Bonchev–Trinajstić information content (AvgIpc) is 2.36. The van der Waals surface area contributed by atoms with E-state index in [1.165, 1.54) is 0 Å². The molecule has 0 aliphatic carbocycles. The lowest BCUT2D eigenvalue weighted by molar-refractivity contribution is -0.124. The van der Waals surface area contributed by atoms with Crippen LogP contribution in [-0.4, -0.2) is 30.4 Å². The van der Waals surface area contributed by atoms with Crippen molar-refractivity contribution in [2.24, 2.45) is 0 Å². The van der Waals surface area contributed by atoms with Gasteiger partial charge in [-0.25, -0.2) is 0 Å². The summed E-state index contributed by atoms with van der Waals surface area (Å²) in [5.74, 6) is -0.581. The number of anilines is 1. The van der Waals surface area contributed by atoms with Gasteiger partial charge in [-0.2, -0.15) is 0 Å². The molecule has 0 heterocycles. The van der Waals surface area contributed by atoms with E-state index in [9.17, 15) is 9.59 Å². The summed E-state index contributed by atoms with van der Waals surface area (Å²) in [6.07, 6.45) is 0. The second-order valence-electron chi connectivity index (χ2n) is 5.87. The summed E-state index contributed by atoms with van der Waals surface area (Å²) in [4.78, 5) is 24.2. The number of rotatable bonds is 4. The number of benzene rings is 1. The summed E-state index contributed by atoms with van der Waals surface area (Å²) in [6.45, 7) is 7.29. The number of carbonyl (C=O) groups excluding carboxylic acids is 2. The topological polar surface area (TPSA) is 70.2 Å². The zero-order chi connectivity index (χ0) is 16.2. The lowest BCUT2D eigenvalue weighted by Gasteiger charge is -2.24. The fraction of sp³-hybridized carbons (Fsp3) is 0.467. The fourth-order valence-corrected chi connectivity index (χ4v) is 1.91. The van der Waals surface area contributed by atoms with Gasteiger partial charge in [0, 0.05) is 23.3 Å². The van der Waals surface area contributed by atoms with Crippen molar-refractivity contribution in [3.63, 3.8) is 0 Å². The fourth-order valence-electron chi connectivity index (χ4n) is 1.74. The van der Waals surface area contributed by atoms with Crippen LogP contribution in [0.1, 0.15) is 38.1 Å². The van der Waals surface area contributed by atoms with Crippen LogP contribution >= 0.6 is 11.6 Å². The van der Waals surface area contributed by atoms with E-state index in [0.717, 1.165) is 0 Å². The molecule has 0 aromatic heterocycles. The highest BCUT2D eigenvalue weighted by Crippen LogP contribution is 2.20. The van der Waals surface area contributed by atoms with Crippen LogP contribution in [0.3, 0.4) is 0 Å². The zero-order valence-corrected chi connectivity index (χ0v) is 13.8. The molecule has 5 nitrogen and oxygen atoms in total. The van der Waals surface area contributed by atoms with Crippen molar-refractivity contribution < 1.29 is 9.59 Å². The molecule has 1 aromatic rings. The molecule has 1 atom stereocenters. The quantitative estimate of drug-likeness (QED) is 0.800. The van der Waals surface area contributed by atoms with Gasteiger partial charge in [0.1, 0.15) is 6.04 Å². The van der Waals surface area contributed by atoms with E-state index in [4.69, 9.17) is 11.6 Å². The maximum absolute atomic E-state index is 12.3. The summed E-state index contributed by atoms with van der Waals surface area (Å²) in [5, 5.41) is 8.88. The summed E-state index contributed by atoms with van der Waals surface area (Å²) in [5.41, 5.74) is 0.711. The van der Waals surface area contributed by atoms with Gasteiger partial charge in [0.25, 0.3) is 5.91 Å². The molecule has 0 aliphatic rings. The first-order valence-corrected chi connectivity index (χ1v) is 7.12. The Labute approximate surface area is 130 Å². The van der Waals surface area contributed by atoms with E-state index >= 15 is 0 Å². The van der Waals surface area contributed by atoms with Crippen LogP contribution in [0.25, 0.3) is 0 Å². The van der Waals surface area contributed by atoms with Gasteiger partial charge in [-0.15, -0.1) is 0 Å². The predicted molar refractivity (Wildman–Crippen MR) is 85.8 cm³/mol. The standard InChI is InChI=1S/C15H22ClN3O2/c1-9(13(20)19-15(2,3)4)18-14(21)11-8-10(16)6-7-12(11)17-5/h6-9,17H,1-5H3,(H,18,21)(H,19,20). The molecule has 1 unspecified atom stereocenters. The number of nitrogens with one attached hydrogen (secondary N) is 3. The zero-order valence-electron chi connectivity index (χ0n) is 13.0. The molecule has 21 heavy (non-hydrogen) atoms. The molecule has 6 heteroatoms. The average molecular weight is 312 g/mol. The van der Waals surface area contributed by atoms with Gasteiger partial charge in [0.05, 0.1) is 5.56 Å². The van der Waals surface area contributed by atoms with E-state index in [2.05, 4.69) is 16.0 Å². The smallest absolute Gasteiger partial charge is 0.254 e. The summed E-state index contributed by atoms with van der Waals surface area (Å²) >= 11 is 5.92. The Hall–Kier alpha value is -1.75. The molecule has 0 radical (unpaired) electrons. The molecule has 3 N–H and O–H groups in total. The maximum atomic E-state index is 12.3. The number of hydrogen-bond donors (Lipinski definition) is 3. The van der Waals surface area contributed by atoms with E-state index < -0.39 is 6.04 Å². The van der Waals surface area contributed by atoms with Gasteiger partial charge >= 0.3 is 0 Å². The molecular formula is C15H22ClN3O2. The highest BCUT2D eigenvalue weighted by Gasteiger charge is 2.22. The second-order valence-corrected chi connectivity index (χ2v) is 6.31. The van der Waals surface area contributed by atoms with E-state index in [-0.39, 0.29) is 17.4 Å². The van der Waals surface area contributed by atoms with Crippen LogP contribution in [0, 0.1) is 0 Å². The Morgan fingerprint density at radius 2 is 1.86 bits per heavy atom. The third-order valence-corrected chi connectivity index (χ3v) is 2.97. The maximum Gasteiger partial charge on any atom is 0.254 e. The van der Waals surface area contributed by atoms with Crippen LogP contribution in [0.15, 0.2) is 18.2 Å². The van der Waals surface area contributed by atoms with Gasteiger partial charge in [-0.05, 0) is 45.9 Å². The van der Waals surface area contributed by atoms with Crippen LogP contribution < -0.4 is 16.0 Å². The lowest BCUT2D eigenvalue weighted by atomic mass is 10.1. The van der Waals surface area contributed by atoms with Gasteiger partial charge in [-0.1, -0.05) is 11.6 Å². The summed E-state index contributed by atoms with van der Waals surface area (Å²) in [6, 6.07) is 4.34. The van der Waals surface area contributed by atoms with Crippen molar-refractivity contribution in [1.29, 1.82) is 0 Å². The molecule has 1 aromatic carbocycles. The minimum atomic E-state index is -0.639. The molecule has 0 saturated carbocycles. The van der Waals surface area contributed by atoms with Crippen molar-refractivity contribution in [3.05, 3.63) is 28.8 Å². The SMILES string of the molecule is CNc1ccc(Cl)cc1C(=O)NC(C)C(=O)NC(C)(C)C. The Kier molecular flexibility index (Phi) is 5.61. The Morgan fingerprint density at radius 1 is 1.24 bits per heavy atom. The Balaban J connectivity index is 2.81. The Bertz CT molecular complexity index is 538. The minimum Gasteiger partial charge on any atom is -0.387 e. The van der Waals surface area contributed by atoms with E-state index in [1.54, 1.807) is 32.2 Å². The molecule has 0 saturated heterocycles. The van der Waals surface area contributed by atoms with Crippen LogP contribution in [0.2, 0.25) is 5.02 Å². The molecule has 0 aliphatic heterocycles. The molecule has 0 bridgehead atoms. The van der Waals surface area contributed by atoms with Crippen molar-refractivity contribution in [1.82, 2.24) is 10.6 Å². The Morgan fingerprint density at radius 3 is 2.38 bits per heavy atom. The molecular weight excluding hydrogens is 290 g/mol. The summed E-state index contributed by atoms with van der Waals surface area (Å²) in [7, 11) is 1.72. The van der Waals surface area contributed by atoms with Gasteiger partial charge in [0.2, 0.25) is 5.91 Å². The first-order valence-electron chi connectivity index (χ1n) is 6.74. The largest absolute Gasteiger partial charge is 0.387 e. The normalized spacial score (nSPS) is 12.5. The van der Waals surface area contributed by atoms with Crippen molar-refractivity contribution in [2.75, 3.05) is 12.4 Å². The number of carbonyl (C=O) groups is 2. The lowest BCUT2D eigenvalue weighted by Crippen LogP contribution is -2.50. The van der Waals surface area contributed by atoms with Gasteiger partial charge in [-0.3, -0.25) is 9.59 Å².